The quantitative estimate of drug-likeness (QED) is 0.697. The van der Waals surface area contributed by atoms with Gasteiger partial charge in [0.25, 0.3) is 0 Å². The fourth-order valence-electron chi connectivity index (χ4n) is 2.61. The van der Waals surface area contributed by atoms with E-state index in [1.165, 1.54) is 19.4 Å². The Balaban J connectivity index is 2.46. The molecule has 0 radical (unpaired) electrons. The van der Waals surface area contributed by atoms with Gasteiger partial charge in [-0.05, 0) is 43.0 Å². The third-order valence-electron chi connectivity index (χ3n) is 3.63. The summed E-state index contributed by atoms with van der Waals surface area (Å²) in [7, 11) is 0. The molecule has 1 rings (SSSR count). The minimum absolute atomic E-state index is 0.699. The average molecular weight is 297 g/mol. The lowest BCUT2D eigenvalue weighted by Gasteiger charge is -2.32. The monoisotopic (exact) mass is 296 g/mol. The van der Waals surface area contributed by atoms with Gasteiger partial charge in [0, 0.05) is 36.4 Å². The van der Waals surface area contributed by atoms with Crippen LogP contribution in [0, 0.1) is 5.92 Å². The van der Waals surface area contributed by atoms with Crippen LogP contribution in [0.25, 0.3) is 0 Å². The molecule has 2 nitrogen and oxygen atoms in total. The highest BCUT2D eigenvalue weighted by Gasteiger charge is 2.15. The summed E-state index contributed by atoms with van der Waals surface area (Å²) in [6, 6.07) is 8.62. The number of halogens is 1. The van der Waals surface area contributed by atoms with Gasteiger partial charge in [-0.25, -0.2) is 0 Å². The summed E-state index contributed by atoms with van der Waals surface area (Å²) < 4.78 is 0. The van der Waals surface area contributed by atoms with Crippen molar-refractivity contribution in [2.75, 3.05) is 25.0 Å². The van der Waals surface area contributed by atoms with E-state index in [0.717, 1.165) is 23.8 Å². The summed E-state index contributed by atoms with van der Waals surface area (Å²) in [5.74, 6) is 0.714. The lowest BCUT2D eigenvalue weighted by atomic mass is 10.1. The molecule has 3 heteroatoms. The lowest BCUT2D eigenvalue weighted by Crippen LogP contribution is -2.40. The summed E-state index contributed by atoms with van der Waals surface area (Å²) in [5.41, 5.74) is 1.14. The zero-order valence-corrected chi connectivity index (χ0v) is 14.1. The van der Waals surface area contributed by atoms with Crippen molar-refractivity contribution in [1.82, 2.24) is 4.90 Å². The minimum atomic E-state index is 0.699. The largest absolute Gasteiger partial charge is 0.384 e. The summed E-state index contributed by atoms with van der Waals surface area (Å²) in [6.45, 7) is 12.4. The van der Waals surface area contributed by atoms with Crippen molar-refractivity contribution in [1.29, 1.82) is 0 Å². The van der Waals surface area contributed by atoms with Gasteiger partial charge in [-0.15, -0.1) is 0 Å². The summed E-state index contributed by atoms with van der Waals surface area (Å²) >= 11 is 5.90. The van der Waals surface area contributed by atoms with E-state index in [1.807, 2.05) is 24.3 Å². The molecule has 1 aromatic carbocycles. The van der Waals surface area contributed by atoms with Gasteiger partial charge in [0.1, 0.15) is 0 Å². The highest BCUT2D eigenvalue weighted by atomic mass is 35.5. The second-order valence-corrected chi connectivity index (χ2v) is 6.23. The number of anilines is 1. The Kier molecular flexibility index (Phi) is 8.01. The molecular weight excluding hydrogens is 268 g/mol. The van der Waals surface area contributed by atoms with Crippen molar-refractivity contribution in [2.24, 2.45) is 5.92 Å². The van der Waals surface area contributed by atoms with Gasteiger partial charge in [-0.3, -0.25) is 4.90 Å². The van der Waals surface area contributed by atoms with Crippen LogP contribution in [-0.2, 0) is 0 Å². The Morgan fingerprint density at radius 2 is 1.70 bits per heavy atom. The first-order valence-corrected chi connectivity index (χ1v) is 8.18. The summed E-state index contributed by atoms with van der Waals surface area (Å²) in [6.07, 6.45) is 2.45. The van der Waals surface area contributed by atoms with Crippen LogP contribution in [-0.4, -0.2) is 30.6 Å². The molecular formula is C17H29ClN2. The van der Waals surface area contributed by atoms with E-state index in [0.29, 0.717) is 12.0 Å². The van der Waals surface area contributed by atoms with E-state index < -0.39 is 0 Å². The molecule has 0 aliphatic rings. The van der Waals surface area contributed by atoms with Crippen molar-refractivity contribution < 1.29 is 0 Å². The van der Waals surface area contributed by atoms with Crippen molar-refractivity contribution >= 4 is 17.3 Å². The van der Waals surface area contributed by atoms with Gasteiger partial charge < -0.3 is 5.32 Å². The SMILES string of the molecule is CCC(CC)N(CCNc1ccc(Cl)cc1)CC(C)C. The topological polar surface area (TPSA) is 15.3 Å². The fraction of sp³-hybridized carbons (Fsp3) is 0.647. The third kappa shape index (κ3) is 6.15. The number of hydrogen-bond donors (Lipinski definition) is 1. The first-order valence-electron chi connectivity index (χ1n) is 7.80. The molecule has 0 bridgehead atoms. The van der Waals surface area contributed by atoms with E-state index in [9.17, 15) is 0 Å². The van der Waals surface area contributed by atoms with Gasteiger partial charge in [-0.1, -0.05) is 39.3 Å². The average Bonchev–Trinajstić information content (AvgIpc) is 2.41. The van der Waals surface area contributed by atoms with Crippen LogP contribution >= 0.6 is 11.6 Å². The number of rotatable bonds is 9. The Morgan fingerprint density at radius 3 is 2.20 bits per heavy atom. The van der Waals surface area contributed by atoms with E-state index in [1.54, 1.807) is 0 Å². The Morgan fingerprint density at radius 1 is 1.10 bits per heavy atom. The number of hydrogen-bond acceptors (Lipinski definition) is 2. The normalized spacial score (nSPS) is 11.6. The number of nitrogens with zero attached hydrogens (tertiary/aromatic N) is 1. The molecule has 0 aromatic heterocycles. The first kappa shape index (κ1) is 17.3. The van der Waals surface area contributed by atoms with E-state index in [-0.39, 0.29) is 0 Å². The molecule has 0 atom stereocenters. The van der Waals surface area contributed by atoms with Crippen molar-refractivity contribution in [3.05, 3.63) is 29.3 Å². The zero-order valence-electron chi connectivity index (χ0n) is 13.3. The second-order valence-electron chi connectivity index (χ2n) is 5.79. The Hall–Kier alpha value is -0.730. The molecule has 0 saturated carbocycles. The summed E-state index contributed by atoms with van der Waals surface area (Å²) in [5, 5.41) is 4.26. The highest BCUT2D eigenvalue weighted by Crippen LogP contribution is 2.14. The van der Waals surface area contributed by atoms with Crippen LogP contribution in [0.15, 0.2) is 24.3 Å². The maximum absolute atomic E-state index is 5.90. The fourth-order valence-corrected chi connectivity index (χ4v) is 2.73. The van der Waals surface area contributed by atoms with Crippen molar-refractivity contribution in [3.8, 4) is 0 Å². The predicted octanol–water partition coefficient (Wildman–Crippen LogP) is 4.90. The van der Waals surface area contributed by atoms with Crippen molar-refractivity contribution in [2.45, 2.75) is 46.6 Å². The molecule has 0 heterocycles. The van der Waals surface area contributed by atoms with E-state index in [2.05, 4.69) is 37.9 Å². The molecule has 0 amide bonds. The molecule has 0 aliphatic heterocycles. The molecule has 20 heavy (non-hydrogen) atoms. The van der Waals surface area contributed by atoms with Gasteiger partial charge in [0.15, 0.2) is 0 Å². The van der Waals surface area contributed by atoms with Gasteiger partial charge in [0.05, 0.1) is 0 Å². The van der Waals surface area contributed by atoms with Crippen molar-refractivity contribution in [3.63, 3.8) is 0 Å². The molecule has 0 spiro atoms. The first-order chi connectivity index (χ1) is 9.56. The zero-order chi connectivity index (χ0) is 15.0. The minimum Gasteiger partial charge on any atom is -0.384 e. The molecule has 1 aromatic rings. The highest BCUT2D eigenvalue weighted by molar-refractivity contribution is 6.30. The molecule has 0 fully saturated rings. The number of nitrogens with one attached hydrogen (secondary N) is 1. The van der Waals surface area contributed by atoms with Crippen LogP contribution in [0.3, 0.4) is 0 Å². The van der Waals surface area contributed by atoms with Gasteiger partial charge in [0.2, 0.25) is 0 Å². The smallest absolute Gasteiger partial charge is 0.0407 e. The van der Waals surface area contributed by atoms with Gasteiger partial charge >= 0.3 is 0 Å². The standard InChI is InChI=1S/C17H29ClN2/c1-5-17(6-2)20(13-14(3)4)12-11-19-16-9-7-15(18)8-10-16/h7-10,14,17,19H,5-6,11-13H2,1-4H3. The van der Waals surface area contributed by atoms with E-state index >= 15 is 0 Å². The molecule has 0 saturated heterocycles. The van der Waals surface area contributed by atoms with Crippen LogP contribution in [0.2, 0.25) is 5.02 Å². The third-order valence-corrected chi connectivity index (χ3v) is 3.88. The van der Waals surface area contributed by atoms with E-state index in [4.69, 9.17) is 11.6 Å². The second kappa shape index (κ2) is 9.25. The maximum Gasteiger partial charge on any atom is 0.0407 e. The molecule has 0 unspecified atom stereocenters. The Labute approximate surface area is 129 Å². The van der Waals surface area contributed by atoms with Crippen LogP contribution in [0.4, 0.5) is 5.69 Å². The van der Waals surface area contributed by atoms with Crippen LogP contribution < -0.4 is 5.32 Å². The molecule has 1 N–H and O–H groups in total. The number of benzene rings is 1. The van der Waals surface area contributed by atoms with Crippen LogP contribution in [0.1, 0.15) is 40.5 Å². The van der Waals surface area contributed by atoms with Gasteiger partial charge in [-0.2, -0.15) is 0 Å². The molecule has 0 aliphatic carbocycles. The molecule has 114 valence electrons. The Bertz CT molecular complexity index is 358. The lowest BCUT2D eigenvalue weighted by molar-refractivity contribution is 0.172. The maximum atomic E-state index is 5.90. The summed E-state index contributed by atoms with van der Waals surface area (Å²) in [4.78, 5) is 2.62. The van der Waals surface area contributed by atoms with Crippen LogP contribution in [0.5, 0.6) is 0 Å². The predicted molar refractivity (Wildman–Crippen MR) is 90.7 cm³/mol.